The Morgan fingerprint density at radius 3 is 2.59 bits per heavy atom. The minimum absolute atomic E-state index is 0.355. The molecule has 1 heterocycles. The number of benzene rings is 1. The van der Waals surface area contributed by atoms with Gasteiger partial charge in [0.2, 0.25) is 0 Å². The average Bonchev–Trinajstić information content (AvgIpc) is 2.68. The first-order chi connectivity index (χ1) is 8.29. The third-order valence-corrected chi connectivity index (χ3v) is 3.93. The molecule has 17 heavy (non-hydrogen) atoms. The van der Waals surface area contributed by atoms with Crippen LogP contribution in [0.2, 0.25) is 0 Å². The molecule has 0 bridgehead atoms. The van der Waals surface area contributed by atoms with Gasteiger partial charge in [-0.2, -0.15) is 0 Å². The minimum atomic E-state index is 0.355. The first-order valence-electron chi connectivity index (χ1n) is 7.16. The predicted molar refractivity (Wildman–Crippen MR) is 75.5 cm³/mol. The lowest BCUT2D eigenvalue weighted by molar-refractivity contribution is 0.392. The Balaban J connectivity index is 2.05. The van der Waals surface area contributed by atoms with Crippen molar-refractivity contribution in [3.05, 3.63) is 29.8 Å². The van der Waals surface area contributed by atoms with Crippen molar-refractivity contribution in [1.29, 1.82) is 0 Å². The van der Waals surface area contributed by atoms with Gasteiger partial charge in [0, 0.05) is 11.2 Å². The summed E-state index contributed by atoms with van der Waals surface area (Å²) in [5.74, 6) is 0. The zero-order chi connectivity index (χ0) is 12.1. The van der Waals surface area contributed by atoms with E-state index in [1.165, 1.54) is 56.2 Å². The van der Waals surface area contributed by atoms with Crippen LogP contribution in [0.5, 0.6) is 0 Å². The molecule has 1 aromatic rings. The van der Waals surface area contributed by atoms with Crippen LogP contribution < -0.4 is 5.32 Å². The molecule has 2 rings (SSSR count). The summed E-state index contributed by atoms with van der Waals surface area (Å²) in [6.45, 7) is 4.58. The summed E-state index contributed by atoms with van der Waals surface area (Å²) in [5.41, 5.74) is 3.24. The molecule has 1 heteroatoms. The molecule has 0 amide bonds. The first kappa shape index (κ1) is 12.5. The lowest BCUT2D eigenvalue weighted by atomic mass is 9.85. The quantitative estimate of drug-likeness (QED) is 0.695. The lowest BCUT2D eigenvalue weighted by Gasteiger charge is -2.30. The van der Waals surface area contributed by atoms with E-state index in [-0.39, 0.29) is 0 Å². The van der Waals surface area contributed by atoms with Gasteiger partial charge in [-0.3, -0.25) is 0 Å². The first-order valence-corrected chi connectivity index (χ1v) is 7.16. The summed E-state index contributed by atoms with van der Waals surface area (Å²) in [7, 11) is 0. The summed E-state index contributed by atoms with van der Waals surface area (Å²) in [5, 5.41) is 3.81. The summed E-state index contributed by atoms with van der Waals surface area (Å²) in [6, 6.07) is 8.81. The Morgan fingerprint density at radius 1 is 1.06 bits per heavy atom. The second-order valence-electron chi connectivity index (χ2n) is 5.45. The number of unbranched alkanes of at least 4 members (excludes halogenated alkanes) is 2. The molecule has 1 aliphatic heterocycles. The molecule has 1 aliphatic rings. The second kappa shape index (κ2) is 5.57. The maximum absolute atomic E-state index is 3.81. The molecule has 0 fully saturated rings. The Morgan fingerprint density at radius 2 is 1.88 bits per heavy atom. The van der Waals surface area contributed by atoms with Crippen LogP contribution in [0.25, 0.3) is 0 Å². The lowest BCUT2D eigenvalue weighted by Crippen LogP contribution is -2.36. The SMILES string of the molecule is CCCCCC1(CCC)Cc2ccccc2N1. The van der Waals surface area contributed by atoms with Crippen LogP contribution >= 0.6 is 0 Å². The molecule has 0 radical (unpaired) electrons. The minimum Gasteiger partial charge on any atom is -0.379 e. The van der Waals surface area contributed by atoms with Gasteiger partial charge in [-0.05, 0) is 30.9 Å². The number of fused-ring (bicyclic) bond motifs is 1. The fraction of sp³-hybridized carbons (Fsp3) is 0.625. The van der Waals surface area contributed by atoms with Crippen molar-refractivity contribution in [3.63, 3.8) is 0 Å². The number of rotatable bonds is 6. The van der Waals surface area contributed by atoms with Gasteiger partial charge in [0.05, 0.1) is 0 Å². The van der Waals surface area contributed by atoms with E-state index in [1.807, 2.05) is 0 Å². The van der Waals surface area contributed by atoms with Gasteiger partial charge in [0.25, 0.3) is 0 Å². The summed E-state index contributed by atoms with van der Waals surface area (Å²) >= 11 is 0. The topological polar surface area (TPSA) is 12.0 Å². The van der Waals surface area contributed by atoms with Gasteiger partial charge in [-0.25, -0.2) is 0 Å². The highest BCUT2D eigenvalue weighted by Gasteiger charge is 2.34. The van der Waals surface area contributed by atoms with Crippen molar-refractivity contribution in [2.75, 3.05) is 5.32 Å². The summed E-state index contributed by atoms with van der Waals surface area (Å²) in [4.78, 5) is 0. The van der Waals surface area contributed by atoms with Gasteiger partial charge in [-0.1, -0.05) is 57.7 Å². The third-order valence-electron chi connectivity index (χ3n) is 3.93. The summed E-state index contributed by atoms with van der Waals surface area (Å²) in [6.07, 6.45) is 9.15. The molecular formula is C16H25N. The molecule has 0 saturated heterocycles. The maximum atomic E-state index is 3.81. The number of hydrogen-bond acceptors (Lipinski definition) is 1. The Labute approximate surface area is 106 Å². The highest BCUT2D eigenvalue weighted by Crippen LogP contribution is 2.38. The van der Waals surface area contributed by atoms with E-state index < -0.39 is 0 Å². The van der Waals surface area contributed by atoms with E-state index in [2.05, 4.69) is 43.4 Å². The van der Waals surface area contributed by atoms with Gasteiger partial charge in [-0.15, -0.1) is 0 Å². The zero-order valence-electron chi connectivity index (χ0n) is 11.3. The van der Waals surface area contributed by atoms with Crippen molar-refractivity contribution < 1.29 is 0 Å². The Bertz CT molecular complexity index is 331. The average molecular weight is 231 g/mol. The van der Waals surface area contributed by atoms with Crippen molar-refractivity contribution >= 4 is 5.69 Å². The van der Waals surface area contributed by atoms with Gasteiger partial charge in [0.1, 0.15) is 0 Å². The zero-order valence-corrected chi connectivity index (χ0v) is 11.3. The van der Waals surface area contributed by atoms with E-state index in [0.717, 1.165) is 0 Å². The highest BCUT2D eigenvalue weighted by molar-refractivity contribution is 5.58. The molecule has 0 aromatic heterocycles. The third kappa shape index (κ3) is 2.83. The maximum Gasteiger partial charge on any atom is 0.0414 e. The monoisotopic (exact) mass is 231 g/mol. The molecule has 1 atom stereocenters. The molecule has 0 saturated carbocycles. The van der Waals surface area contributed by atoms with Crippen LogP contribution in [0, 0.1) is 0 Å². The van der Waals surface area contributed by atoms with Gasteiger partial charge in [0.15, 0.2) is 0 Å². The van der Waals surface area contributed by atoms with E-state index in [1.54, 1.807) is 0 Å². The van der Waals surface area contributed by atoms with Crippen molar-refractivity contribution in [3.8, 4) is 0 Å². The Kier molecular flexibility index (Phi) is 4.09. The van der Waals surface area contributed by atoms with Crippen molar-refractivity contribution in [2.45, 2.75) is 64.3 Å². The van der Waals surface area contributed by atoms with Crippen LogP contribution in [-0.2, 0) is 6.42 Å². The molecule has 1 aromatic carbocycles. The van der Waals surface area contributed by atoms with Crippen LogP contribution in [0.3, 0.4) is 0 Å². The number of para-hydroxylation sites is 1. The largest absolute Gasteiger partial charge is 0.379 e. The fourth-order valence-corrected chi connectivity index (χ4v) is 3.11. The highest BCUT2D eigenvalue weighted by atomic mass is 15.0. The second-order valence-corrected chi connectivity index (χ2v) is 5.45. The van der Waals surface area contributed by atoms with E-state index in [4.69, 9.17) is 0 Å². The molecule has 1 N–H and O–H groups in total. The van der Waals surface area contributed by atoms with Crippen LogP contribution in [0.15, 0.2) is 24.3 Å². The molecule has 94 valence electrons. The van der Waals surface area contributed by atoms with Crippen molar-refractivity contribution in [2.24, 2.45) is 0 Å². The number of hydrogen-bond donors (Lipinski definition) is 1. The predicted octanol–water partition coefficient (Wildman–Crippen LogP) is 4.77. The van der Waals surface area contributed by atoms with E-state index >= 15 is 0 Å². The summed E-state index contributed by atoms with van der Waals surface area (Å²) < 4.78 is 0. The van der Waals surface area contributed by atoms with Crippen molar-refractivity contribution in [1.82, 2.24) is 0 Å². The fourth-order valence-electron chi connectivity index (χ4n) is 3.11. The number of nitrogens with one attached hydrogen (secondary N) is 1. The molecule has 1 nitrogen and oxygen atoms in total. The van der Waals surface area contributed by atoms with Crippen LogP contribution in [-0.4, -0.2) is 5.54 Å². The molecule has 0 aliphatic carbocycles. The van der Waals surface area contributed by atoms with Gasteiger partial charge < -0.3 is 5.32 Å². The smallest absolute Gasteiger partial charge is 0.0414 e. The van der Waals surface area contributed by atoms with E-state index in [9.17, 15) is 0 Å². The van der Waals surface area contributed by atoms with Gasteiger partial charge >= 0.3 is 0 Å². The Hall–Kier alpha value is -0.980. The molecule has 0 spiro atoms. The van der Waals surface area contributed by atoms with Crippen LogP contribution in [0.4, 0.5) is 5.69 Å². The van der Waals surface area contributed by atoms with Crippen LogP contribution in [0.1, 0.15) is 57.9 Å². The van der Waals surface area contributed by atoms with E-state index in [0.29, 0.717) is 5.54 Å². The normalized spacial score (nSPS) is 22.2. The molecule has 1 unspecified atom stereocenters. The number of anilines is 1. The molecular weight excluding hydrogens is 206 g/mol. The standard InChI is InChI=1S/C16H25N/c1-3-5-8-12-16(11-4-2)13-14-9-6-7-10-15(14)17-16/h6-7,9-10,17H,3-5,8,11-13H2,1-2H3.